The highest BCUT2D eigenvalue weighted by Gasteiger charge is 2.39. The lowest BCUT2D eigenvalue weighted by Gasteiger charge is -2.27. The quantitative estimate of drug-likeness (QED) is 0.559. The number of aromatic nitrogens is 2. The molecule has 0 radical (unpaired) electrons. The van der Waals surface area contributed by atoms with Crippen molar-refractivity contribution in [1.29, 1.82) is 0 Å². The van der Waals surface area contributed by atoms with Crippen LogP contribution >= 0.6 is 0 Å². The van der Waals surface area contributed by atoms with Crippen molar-refractivity contribution < 1.29 is 13.6 Å². The molecule has 1 aliphatic heterocycles. The predicted octanol–water partition coefficient (Wildman–Crippen LogP) is 4.11. The first-order chi connectivity index (χ1) is 14.5. The van der Waals surface area contributed by atoms with Gasteiger partial charge in [0.05, 0.1) is 23.4 Å². The molecule has 2 N–H and O–H groups in total. The van der Waals surface area contributed by atoms with Gasteiger partial charge in [-0.15, -0.1) is 0 Å². The van der Waals surface area contributed by atoms with Crippen LogP contribution in [0.5, 0.6) is 0 Å². The summed E-state index contributed by atoms with van der Waals surface area (Å²) in [4.78, 5) is 14.4. The van der Waals surface area contributed by atoms with Gasteiger partial charge in [-0.05, 0) is 60.2 Å². The summed E-state index contributed by atoms with van der Waals surface area (Å²) in [6, 6.07) is 17.0. The first kappa shape index (κ1) is 18.4. The lowest BCUT2D eigenvalue weighted by Crippen LogP contribution is -2.33. The molecule has 150 valence electrons. The Morgan fingerprint density at radius 3 is 2.23 bits per heavy atom. The molecule has 1 aromatic heterocycles. The van der Waals surface area contributed by atoms with Gasteiger partial charge in [-0.25, -0.2) is 13.5 Å². The number of hydrogen-bond acceptors (Lipinski definition) is 3. The Balaban J connectivity index is 1.55. The number of nitrogens with two attached hydrogens (primary N) is 1. The molecule has 30 heavy (non-hydrogen) atoms. The summed E-state index contributed by atoms with van der Waals surface area (Å²) >= 11 is 0. The zero-order chi connectivity index (χ0) is 20.8. The van der Waals surface area contributed by atoms with Gasteiger partial charge in [-0.3, -0.25) is 4.79 Å². The van der Waals surface area contributed by atoms with E-state index < -0.39 is 0 Å². The molecule has 1 saturated heterocycles. The second-order valence-corrected chi connectivity index (χ2v) is 7.40. The van der Waals surface area contributed by atoms with Crippen LogP contribution in [0.25, 0.3) is 16.6 Å². The van der Waals surface area contributed by atoms with Crippen LogP contribution in [-0.2, 0) is 4.79 Å². The van der Waals surface area contributed by atoms with Gasteiger partial charge in [-0.1, -0.05) is 12.1 Å². The van der Waals surface area contributed by atoms with E-state index in [9.17, 15) is 13.6 Å². The van der Waals surface area contributed by atoms with Crippen molar-refractivity contribution in [2.24, 2.45) is 5.73 Å². The summed E-state index contributed by atoms with van der Waals surface area (Å²) in [5, 5.41) is 5.24. The molecule has 4 aromatic rings. The zero-order valence-electron chi connectivity index (χ0n) is 15.9. The van der Waals surface area contributed by atoms with Crippen molar-refractivity contribution in [3.63, 3.8) is 0 Å². The Labute approximate surface area is 171 Å². The van der Waals surface area contributed by atoms with E-state index in [1.807, 2.05) is 18.2 Å². The minimum absolute atomic E-state index is 0.0814. The molecule has 0 spiro atoms. The number of amides is 1. The number of carbonyl (C=O) groups excluding carboxylic acids is 1. The Hall–Kier alpha value is -3.58. The van der Waals surface area contributed by atoms with Crippen LogP contribution in [0.2, 0.25) is 0 Å². The van der Waals surface area contributed by atoms with Crippen molar-refractivity contribution in [3.8, 4) is 5.69 Å². The van der Waals surface area contributed by atoms with E-state index in [0.717, 1.165) is 22.2 Å². The number of carbonyl (C=O) groups is 1. The van der Waals surface area contributed by atoms with Crippen molar-refractivity contribution in [3.05, 3.63) is 90.1 Å². The van der Waals surface area contributed by atoms with Crippen LogP contribution in [-0.4, -0.2) is 21.7 Å². The van der Waals surface area contributed by atoms with Gasteiger partial charge in [0.2, 0.25) is 5.91 Å². The molecule has 5 nitrogen and oxygen atoms in total. The summed E-state index contributed by atoms with van der Waals surface area (Å²) < 4.78 is 28.3. The van der Waals surface area contributed by atoms with Crippen molar-refractivity contribution in [2.45, 2.75) is 18.5 Å². The summed E-state index contributed by atoms with van der Waals surface area (Å²) in [5.41, 5.74) is 9.33. The average Bonchev–Trinajstić information content (AvgIpc) is 3.29. The number of rotatable bonds is 3. The predicted molar refractivity (Wildman–Crippen MR) is 110 cm³/mol. The standard InChI is InChI=1S/C23H18F2N4O/c24-16-3-1-14(2-4-16)23-20(26)12-22(30)28(23)19-9-10-21-15(11-19)13-27-29(21)18-7-5-17(25)6-8-18/h1-11,13,20,23H,12,26H2. The number of nitrogens with zero attached hydrogens (tertiary/aromatic N) is 3. The molecular formula is C23H18F2N4O. The van der Waals surface area contributed by atoms with Crippen molar-refractivity contribution in [2.75, 3.05) is 4.90 Å². The highest BCUT2D eigenvalue weighted by molar-refractivity contribution is 5.99. The number of hydrogen-bond donors (Lipinski definition) is 1. The summed E-state index contributed by atoms with van der Waals surface area (Å²) in [6.45, 7) is 0. The summed E-state index contributed by atoms with van der Waals surface area (Å²) in [6.07, 6.45) is 1.92. The topological polar surface area (TPSA) is 64.2 Å². The molecule has 1 aliphatic rings. The molecule has 5 rings (SSSR count). The van der Waals surface area contributed by atoms with Gasteiger partial charge >= 0.3 is 0 Å². The highest BCUT2D eigenvalue weighted by atomic mass is 19.1. The molecule has 0 aliphatic carbocycles. The second-order valence-electron chi connectivity index (χ2n) is 7.40. The maximum atomic E-state index is 13.4. The van der Waals surface area contributed by atoms with Crippen molar-refractivity contribution >= 4 is 22.5 Å². The maximum Gasteiger partial charge on any atom is 0.229 e. The van der Waals surface area contributed by atoms with E-state index in [4.69, 9.17) is 5.73 Å². The van der Waals surface area contributed by atoms with E-state index in [1.54, 1.807) is 40.0 Å². The Bertz CT molecular complexity index is 1230. The van der Waals surface area contributed by atoms with Gasteiger partial charge in [-0.2, -0.15) is 5.10 Å². The van der Waals surface area contributed by atoms with Crippen LogP contribution in [0.4, 0.5) is 14.5 Å². The van der Waals surface area contributed by atoms with Gasteiger partial charge in [0.25, 0.3) is 0 Å². The SMILES string of the molecule is NC1CC(=O)N(c2ccc3c(cnn3-c3ccc(F)cc3)c2)C1c1ccc(F)cc1. The van der Waals surface area contributed by atoms with E-state index in [1.165, 1.54) is 24.3 Å². The Morgan fingerprint density at radius 2 is 1.53 bits per heavy atom. The first-order valence-corrected chi connectivity index (χ1v) is 9.58. The smallest absolute Gasteiger partial charge is 0.229 e. The highest BCUT2D eigenvalue weighted by Crippen LogP contribution is 2.37. The minimum atomic E-state index is -0.388. The molecular weight excluding hydrogens is 386 g/mol. The third-order valence-corrected chi connectivity index (χ3v) is 5.48. The number of anilines is 1. The van der Waals surface area contributed by atoms with Crippen LogP contribution in [0.15, 0.2) is 72.9 Å². The van der Waals surface area contributed by atoms with Gasteiger partial charge in [0, 0.05) is 23.5 Å². The van der Waals surface area contributed by atoms with Crippen LogP contribution in [0.3, 0.4) is 0 Å². The van der Waals surface area contributed by atoms with Crippen molar-refractivity contribution in [1.82, 2.24) is 9.78 Å². The molecule has 2 atom stereocenters. The fourth-order valence-electron chi connectivity index (χ4n) is 4.08. The van der Waals surface area contributed by atoms with Gasteiger partial charge in [0.1, 0.15) is 11.6 Å². The van der Waals surface area contributed by atoms with E-state index >= 15 is 0 Å². The second kappa shape index (κ2) is 7.03. The fourth-order valence-corrected chi connectivity index (χ4v) is 4.08. The molecule has 3 aromatic carbocycles. The zero-order valence-corrected chi connectivity index (χ0v) is 15.9. The lowest BCUT2D eigenvalue weighted by atomic mass is 10.0. The van der Waals surface area contributed by atoms with Gasteiger partial charge in [0.15, 0.2) is 0 Å². The van der Waals surface area contributed by atoms with Crippen LogP contribution in [0.1, 0.15) is 18.0 Å². The third-order valence-electron chi connectivity index (χ3n) is 5.48. The minimum Gasteiger partial charge on any atom is -0.325 e. The normalized spacial score (nSPS) is 19.0. The molecule has 0 saturated carbocycles. The van der Waals surface area contributed by atoms with E-state index in [0.29, 0.717) is 5.69 Å². The fraction of sp³-hybridized carbons (Fsp3) is 0.130. The molecule has 1 fully saturated rings. The van der Waals surface area contributed by atoms with Crippen LogP contribution in [0, 0.1) is 11.6 Å². The number of halogens is 2. The molecule has 2 heterocycles. The summed E-state index contributed by atoms with van der Waals surface area (Å²) in [5.74, 6) is -0.729. The van der Waals surface area contributed by atoms with Crippen LogP contribution < -0.4 is 10.6 Å². The molecule has 0 bridgehead atoms. The lowest BCUT2D eigenvalue weighted by molar-refractivity contribution is -0.117. The molecule has 7 heteroatoms. The Kier molecular flexibility index (Phi) is 4.33. The third kappa shape index (κ3) is 3.04. The maximum absolute atomic E-state index is 13.4. The van der Waals surface area contributed by atoms with E-state index in [2.05, 4.69) is 5.10 Å². The van der Waals surface area contributed by atoms with Gasteiger partial charge < -0.3 is 10.6 Å². The molecule has 2 unspecified atom stereocenters. The average molecular weight is 404 g/mol. The first-order valence-electron chi connectivity index (χ1n) is 9.58. The van der Waals surface area contributed by atoms with E-state index in [-0.39, 0.29) is 36.0 Å². The number of fused-ring (bicyclic) bond motifs is 1. The number of benzene rings is 3. The largest absolute Gasteiger partial charge is 0.325 e. The molecule has 1 amide bonds. The monoisotopic (exact) mass is 404 g/mol. The Morgan fingerprint density at radius 1 is 0.900 bits per heavy atom. The summed E-state index contributed by atoms with van der Waals surface area (Å²) in [7, 11) is 0.